The molecule has 1 aliphatic heterocycles. The van der Waals surface area contributed by atoms with E-state index in [-0.39, 0.29) is 35.8 Å². The van der Waals surface area contributed by atoms with Crippen molar-refractivity contribution in [2.24, 2.45) is 0 Å². The number of carbonyl (C=O) groups is 3. The normalized spacial score (nSPS) is 20.2. The molecule has 5 nitrogen and oxygen atoms in total. The van der Waals surface area contributed by atoms with E-state index < -0.39 is 17.9 Å². The van der Waals surface area contributed by atoms with Gasteiger partial charge in [0.15, 0.2) is 0 Å². The largest absolute Gasteiger partial charge is 0.352 e. The van der Waals surface area contributed by atoms with E-state index in [0.29, 0.717) is 24.8 Å². The molecule has 0 radical (unpaired) electrons. The summed E-state index contributed by atoms with van der Waals surface area (Å²) in [7, 11) is 0. The molecule has 0 aromatic heterocycles. The highest BCUT2D eigenvalue weighted by atomic mass is 19.1. The van der Waals surface area contributed by atoms with Gasteiger partial charge in [0.2, 0.25) is 5.91 Å². The Hall–Kier alpha value is -2.76. The van der Waals surface area contributed by atoms with Crippen molar-refractivity contribution < 1.29 is 18.8 Å². The summed E-state index contributed by atoms with van der Waals surface area (Å²) in [6.45, 7) is 8.90. The Kier molecular flexibility index (Phi) is 6.44. The smallest absolute Gasteiger partial charge is 0.261 e. The quantitative estimate of drug-likeness (QED) is 0.562. The summed E-state index contributed by atoms with van der Waals surface area (Å²) in [6, 6.07) is -0.424. The zero-order valence-electron chi connectivity index (χ0n) is 14.9. The van der Waals surface area contributed by atoms with Crippen LogP contribution in [-0.4, -0.2) is 35.2 Å². The predicted molar refractivity (Wildman–Crippen MR) is 97.5 cm³/mol. The van der Waals surface area contributed by atoms with Gasteiger partial charge in [-0.1, -0.05) is 31.4 Å². The van der Waals surface area contributed by atoms with Crippen LogP contribution >= 0.6 is 0 Å². The summed E-state index contributed by atoms with van der Waals surface area (Å²) in [5, 5.41) is 2.74. The fourth-order valence-electron chi connectivity index (χ4n) is 2.92. The van der Waals surface area contributed by atoms with Crippen LogP contribution in [-0.2, 0) is 14.4 Å². The number of halogens is 1. The van der Waals surface area contributed by atoms with Crippen molar-refractivity contribution in [2.75, 3.05) is 6.54 Å². The predicted octanol–water partition coefficient (Wildman–Crippen LogP) is 2.88. The number of carbonyl (C=O) groups excluding carboxylic acids is 3. The maximum atomic E-state index is 13.6. The molecule has 0 unspecified atom stereocenters. The first-order valence-corrected chi connectivity index (χ1v) is 8.56. The number of nitrogens with zero attached hydrogens (tertiary/aromatic N) is 1. The van der Waals surface area contributed by atoms with Gasteiger partial charge in [-0.15, -0.1) is 0 Å². The number of hydrogen-bond acceptors (Lipinski definition) is 3. The molecule has 26 heavy (non-hydrogen) atoms. The van der Waals surface area contributed by atoms with Gasteiger partial charge >= 0.3 is 0 Å². The number of rotatable bonds is 7. The molecule has 1 N–H and O–H groups in total. The molecular weight excluding hydrogens is 335 g/mol. The second-order valence-corrected chi connectivity index (χ2v) is 6.36. The number of nitrogens with one attached hydrogen (secondary N) is 1. The van der Waals surface area contributed by atoms with Crippen LogP contribution in [0.3, 0.4) is 0 Å². The first-order valence-electron chi connectivity index (χ1n) is 8.56. The number of hydrogen-bond donors (Lipinski definition) is 1. The van der Waals surface area contributed by atoms with Crippen molar-refractivity contribution in [3.05, 3.63) is 60.0 Å². The minimum Gasteiger partial charge on any atom is -0.352 e. The highest BCUT2D eigenvalue weighted by molar-refractivity contribution is 6.24. The number of allylic oxidation sites excluding steroid dienone is 6. The van der Waals surface area contributed by atoms with Crippen LogP contribution < -0.4 is 5.32 Å². The van der Waals surface area contributed by atoms with Crippen molar-refractivity contribution in [3.8, 4) is 0 Å². The molecule has 2 aliphatic rings. The van der Waals surface area contributed by atoms with Gasteiger partial charge in [-0.25, -0.2) is 4.39 Å². The average Bonchev–Trinajstić information content (AvgIpc) is 2.79. The van der Waals surface area contributed by atoms with Crippen molar-refractivity contribution in [1.29, 1.82) is 0 Å². The molecule has 138 valence electrons. The molecule has 0 aromatic carbocycles. The van der Waals surface area contributed by atoms with E-state index in [1.165, 1.54) is 12.2 Å². The van der Waals surface area contributed by atoms with Crippen LogP contribution in [0, 0.1) is 0 Å². The molecule has 1 aliphatic carbocycles. The van der Waals surface area contributed by atoms with Gasteiger partial charge in [0.1, 0.15) is 5.83 Å². The highest BCUT2D eigenvalue weighted by Gasteiger charge is 2.37. The van der Waals surface area contributed by atoms with Crippen LogP contribution in [0.15, 0.2) is 60.0 Å². The van der Waals surface area contributed by atoms with Gasteiger partial charge in [0, 0.05) is 31.0 Å². The molecule has 3 amide bonds. The minimum absolute atomic E-state index is 0.0495. The fourth-order valence-corrected chi connectivity index (χ4v) is 2.92. The lowest BCUT2D eigenvalue weighted by Gasteiger charge is -2.20. The summed E-state index contributed by atoms with van der Waals surface area (Å²) in [4.78, 5) is 37.5. The van der Waals surface area contributed by atoms with Gasteiger partial charge in [-0.3, -0.25) is 19.3 Å². The third kappa shape index (κ3) is 4.45. The van der Waals surface area contributed by atoms with Crippen LogP contribution in [0.4, 0.5) is 4.39 Å². The topological polar surface area (TPSA) is 66.5 Å². The molecule has 1 saturated heterocycles. The van der Waals surface area contributed by atoms with E-state index in [2.05, 4.69) is 18.5 Å². The van der Waals surface area contributed by atoms with Crippen molar-refractivity contribution in [2.45, 2.75) is 38.6 Å². The molecule has 1 atom stereocenters. The molecule has 0 aromatic rings. The van der Waals surface area contributed by atoms with E-state index in [1.807, 2.05) is 6.08 Å². The summed E-state index contributed by atoms with van der Waals surface area (Å²) >= 11 is 0. The van der Waals surface area contributed by atoms with Crippen molar-refractivity contribution in [3.63, 3.8) is 0 Å². The standard InChI is InChI=1S/C20H23FN2O3/c1-4-7-16-14(3)19(25)23(20(16)26)12-13(2)22-18(24)11-10-15-8-5-6-9-17(15)21/h4-5,7-8,13H,1,3,6,9-12H2,2H3,(H,22,24)/b16-7+/t13-/m0/s1. The van der Waals surface area contributed by atoms with Gasteiger partial charge in [-0.2, -0.15) is 0 Å². The zero-order valence-corrected chi connectivity index (χ0v) is 14.9. The van der Waals surface area contributed by atoms with Gasteiger partial charge in [0.05, 0.1) is 5.57 Å². The van der Waals surface area contributed by atoms with Gasteiger partial charge in [0.25, 0.3) is 11.8 Å². The lowest BCUT2D eigenvalue weighted by molar-refractivity contribution is -0.137. The lowest BCUT2D eigenvalue weighted by atomic mass is 10.0. The Morgan fingerprint density at radius 1 is 1.42 bits per heavy atom. The Morgan fingerprint density at radius 3 is 2.81 bits per heavy atom. The summed E-state index contributed by atoms with van der Waals surface area (Å²) in [5.74, 6) is -1.33. The van der Waals surface area contributed by atoms with Crippen LogP contribution in [0.1, 0.15) is 32.6 Å². The molecular formula is C20H23FN2O3. The van der Waals surface area contributed by atoms with Crippen molar-refractivity contribution >= 4 is 17.7 Å². The Labute approximate surface area is 152 Å². The maximum Gasteiger partial charge on any atom is 0.261 e. The summed E-state index contributed by atoms with van der Waals surface area (Å²) < 4.78 is 13.6. The Balaban J connectivity index is 1.88. The second kappa shape index (κ2) is 8.56. The molecule has 1 fully saturated rings. The van der Waals surface area contributed by atoms with E-state index in [9.17, 15) is 18.8 Å². The van der Waals surface area contributed by atoms with Crippen LogP contribution in [0.25, 0.3) is 0 Å². The average molecular weight is 358 g/mol. The maximum absolute atomic E-state index is 13.6. The van der Waals surface area contributed by atoms with E-state index in [4.69, 9.17) is 0 Å². The van der Waals surface area contributed by atoms with E-state index >= 15 is 0 Å². The molecule has 0 bridgehead atoms. The van der Waals surface area contributed by atoms with E-state index in [0.717, 1.165) is 4.90 Å². The highest BCUT2D eigenvalue weighted by Crippen LogP contribution is 2.24. The molecule has 0 saturated carbocycles. The second-order valence-electron chi connectivity index (χ2n) is 6.36. The Morgan fingerprint density at radius 2 is 2.15 bits per heavy atom. The first kappa shape index (κ1) is 19.6. The van der Waals surface area contributed by atoms with Crippen molar-refractivity contribution in [1.82, 2.24) is 10.2 Å². The monoisotopic (exact) mass is 358 g/mol. The number of imide groups is 1. The minimum atomic E-state index is -0.469. The summed E-state index contributed by atoms with van der Waals surface area (Å²) in [6.07, 6.45) is 8.03. The Bertz CT molecular complexity index is 746. The molecule has 1 heterocycles. The van der Waals surface area contributed by atoms with E-state index in [1.54, 1.807) is 13.0 Å². The van der Waals surface area contributed by atoms with Gasteiger partial charge < -0.3 is 5.32 Å². The number of likely N-dealkylation sites (tertiary alicyclic amines) is 1. The third-order valence-electron chi connectivity index (χ3n) is 4.27. The van der Waals surface area contributed by atoms with Crippen LogP contribution in [0.2, 0.25) is 0 Å². The van der Waals surface area contributed by atoms with Gasteiger partial charge in [-0.05, 0) is 31.4 Å². The molecule has 2 rings (SSSR count). The fraction of sp³-hybridized carbons (Fsp3) is 0.350. The molecule has 0 spiro atoms. The zero-order chi connectivity index (χ0) is 19.3. The SMILES string of the molecule is C=C/C=C1\C(=C)C(=O)N(C[C@H](C)NC(=O)CCC2=C(F)CCC=C2)C1=O. The van der Waals surface area contributed by atoms with Crippen LogP contribution in [0.5, 0.6) is 0 Å². The summed E-state index contributed by atoms with van der Waals surface area (Å²) in [5.41, 5.74) is 0.898. The molecule has 6 heteroatoms. The number of amides is 3. The third-order valence-corrected chi connectivity index (χ3v) is 4.27. The lowest BCUT2D eigenvalue weighted by Crippen LogP contribution is -2.44. The first-order chi connectivity index (χ1) is 12.3.